The van der Waals surface area contributed by atoms with Gasteiger partial charge >= 0.3 is 0 Å². The molecule has 0 fully saturated rings. The lowest BCUT2D eigenvalue weighted by molar-refractivity contribution is 0.643. The first-order valence-electron chi connectivity index (χ1n) is 13.7. The van der Waals surface area contributed by atoms with Crippen LogP contribution < -0.4 is 19.6 Å². The first-order valence-corrected chi connectivity index (χ1v) is 17.1. The Kier molecular flexibility index (Phi) is 7.44. The van der Waals surface area contributed by atoms with Gasteiger partial charge in [0.2, 0.25) is 0 Å². The first-order chi connectivity index (χ1) is 18.5. The van der Waals surface area contributed by atoms with Gasteiger partial charge in [-0.15, -0.1) is 0 Å². The highest BCUT2D eigenvalue weighted by Crippen LogP contribution is 2.65. The standard InChI is InChI=1S/C30H36N4S4/c1-7-31-19(5)33(9-3)25-21(13-11-15-23(25)31)27-28(38-30(37-27)29-35-17-18-36-29)22-14-12-16-24-26(22)34(10-4)20(6)32(24)8-2/h11-20H,7-10H2,1-6H3. The average Bonchev–Trinajstić information content (AvgIpc) is 3.71. The minimum Gasteiger partial charge on any atom is -0.350 e. The largest absolute Gasteiger partial charge is 0.350 e. The first kappa shape index (κ1) is 26.5. The molecule has 4 nitrogen and oxygen atoms in total. The Bertz CT molecular complexity index is 1250. The Balaban J connectivity index is 1.58. The number of thioether (sulfide) groups is 4. The third-order valence-corrected chi connectivity index (χ3v) is 13.4. The number of para-hydroxylation sites is 2. The molecule has 0 spiro atoms. The van der Waals surface area contributed by atoms with E-state index in [1.54, 1.807) is 0 Å². The second-order valence-corrected chi connectivity index (χ2v) is 14.1. The summed E-state index contributed by atoms with van der Waals surface area (Å²) in [5.74, 6) is 0. The molecule has 4 aliphatic rings. The summed E-state index contributed by atoms with van der Waals surface area (Å²) >= 11 is 7.68. The van der Waals surface area contributed by atoms with E-state index in [1.807, 2.05) is 47.0 Å². The number of hydrogen-bond donors (Lipinski definition) is 0. The maximum absolute atomic E-state index is 2.59. The van der Waals surface area contributed by atoms with E-state index in [-0.39, 0.29) is 0 Å². The molecule has 0 amide bonds. The summed E-state index contributed by atoms with van der Waals surface area (Å²) in [4.78, 5) is 13.1. The summed E-state index contributed by atoms with van der Waals surface area (Å²) in [5.41, 5.74) is 8.26. The summed E-state index contributed by atoms with van der Waals surface area (Å²) < 4.78 is 2.81. The van der Waals surface area contributed by atoms with E-state index in [9.17, 15) is 0 Å². The Morgan fingerprint density at radius 3 is 1.39 bits per heavy atom. The highest BCUT2D eigenvalue weighted by Gasteiger charge is 2.39. The van der Waals surface area contributed by atoms with Gasteiger partial charge < -0.3 is 19.6 Å². The molecule has 0 saturated heterocycles. The van der Waals surface area contributed by atoms with E-state index in [4.69, 9.17) is 0 Å². The normalized spacial score (nSPS) is 22.5. The molecule has 2 atom stereocenters. The van der Waals surface area contributed by atoms with Gasteiger partial charge in [0.1, 0.15) is 0 Å². The second-order valence-electron chi connectivity index (χ2n) is 9.70. The fourth-order valence-corrected chi connectivity index (χ4v) is 11.3. The van der Waals surface area contributed by atoms with Crippen LogP contribution in [0.3, 0.4) is 0 Å². The van der Waals surface area contributed by atoms with Crippen molar-refractivity contribution in [1.82, 2.24) is 0 Å². The topological polar surface area (TPSA) is 13.0 Å². The van der Waals surface area contributed by atoms with Crippen molar-refractivity contribution in [2.24, 2.45) is 0 Å². The highest BCUT2D eigenvalue weighted by molar-refractivity contribution is 8.37. The van der Waals surface area contributed by atoms with Crippen LogP contribution in [0.5, 0.6) is 0 Å². The minimum absolute atomic E-state index is 0.364. The molecule has 0 bridgehead atoms. The zero-order valence-electron chi connectivity index (χ0n) is 23.0. The van der Waals surface area contributed by atoms with Crippen molar-refractivity contribution >= 4 is 79.6 Å². The molecule has 0 N–H and O–H groups in total. The predicted molar refractivity (Wildman–Crippen MR) is 177 cm³/mol. The molecule has 0 aliphatic carbocycles. The summed E-state index contributed by atoms with van der Waals surface area (Å²) in [6.07, 6.45) is 0.727. The molecule has 4 aliphatic heterocycles. The van der Waals surface area contributed by atoms with Crippen LogP contribution in [0, 0.1) is 0 Å². The number of benzene rings is 2. The molecule has 0 aromatic heterocycles. The molecule has 38 heavy (non-hydrogen) atoms. The van der Waals surface area contributed by atoms with E-state index in [0.717, 1.165) is 26.2 Å². The van der Waals surface area contributed by atoms with Gasteiger partial charge in [0.15, 0.2) is 0 Å². The summed E-state index contributed by atoms with van der Waals surface area (Å²) in [7, 11) is 0. The van der Waals surface area contributed by atoms with Crippen molar-refractivity contribution in [1.29, 1.82) is 0 Å². The van der Waals surface area contributed by atoms with Gasteiger partial charge in [-0.05, 0) is 64.5 Å². The molecular weight excluding hydrogens is 545 g/mol. The monoisotopic (exact) mass is 580 g/mol. The van der Waals surface area contributed by atoms with Crippen LogP contribution in [-0.4, -0.2) is 38.5 Å². The van der Waals surface area contributed by atoms with E-state index in [1.165, 1.54) is 52.2 Å². The van der Waals surface area contributed by atoms with Crippen LogP contribution in [-0.2, 0) is 0 Å². The van der Waals surface area contributed by atoms with Gasteiger partial charge in [-0.25, -0.2) is 0 Å². The van der Waals surface area contributed by atoms with Gasteiger partial charge in [0, 0.05) is 47.1 Å². The highest BCUT2D eigenvalue weighted by atomic mass is 32.2. The minimum atomic E-state index is 0.364. The Morgan fingerprint density at radius 1 is 0.579 bits per heavy atom. The zero-order chi connectivity index (χ0) is 26.6. The average molecular weight is 581 g/mol. The molecule has 8 heteroatoms. The molecule has 6 rings (SSSR count). The van der Waals surface area contributed by atoms with Crippen molar-refractivity contribution in [2.75, 3.05) is 45.8 Å². The van der Waals surface area contributed by atoms with Gasteiger partial charge in [-0.2, -0.15) is 0 Å². The Morgan fingerprint density at radius 2 is 1.00 bits per heavy atom. The van der Waals surface area contributed by atoms with E-state index in [0.29, 0.717) is 12.3 Å². The molecular formula is C30H36N4S4. The van der Waals surface area contributed by atoms with Gasteiger partial charge in [-0.3, -0.25) is 0 Å². The number of fused-ring (bicyclic) bond motifs is 2. The lowest BCUT2D eigenvalue weighted by Crippen LogP contribution is -2.40. The van der Waals surface area contributed by atoms with Crippen LogP contribution in [0.1, 0.15) is 52.7 Å². The van der Waals surface area contributed by atoms with Crippen molar-refractivity contribution in [3.05, 3.63) is 66.8 Å². The fraction of sp³-hybridized carbons (Fsp3) is 0.400. The molecule has 0 radical (unpaired) electrons. The third kappa shape index (κ3) is 4.01. The predicted octanol–water partition coefficient (Wildman–Crippen LogP) is 9.09. The number of anilines is 4. The number of rotatable bonds is 6. The Hall–Kier alpha value is -1.74. The van der Waals surface area contributed by atoms with E-state index in [2.05, 4.69) is 108 Å². The van der Waals surface area contributed by atoms with Crippen LogP contribution in [0.25, 0.3) is 9.81 Å². The molecule has 2 unspecified atom stereocenters. The lowest BCUT2D eigenvalue weighted by atomic mass is 10.1. The summed E-state index contributed by atoms with van der Waals surface area (Å²) in [6, 6.07) is 13.9. The van der Waals surface area contributed by atoms with Crippen LogP contribution in [0.4, 0.5) is 22.7 Å². The van der Waals surface area contributed by atoms with E-state index >= 15 is 0 Å². The van der Waals surface area contributed by atoms with Gasteiger partial charge in [0.25, 0.3) is 0 Å². The summed E-state index contributed by atoms with van der Waals surface area (Å²) in [5, 5.41) is 4.43. The van der Waals surface area contributed by atoms with Crippen LogP contribution in [0.2, 0.25) is 0 Å². The fourth-order valence-electron chi connectivity index (χ4n) is 6.36. The van der Waals surface area contributed by atoms with Crippen LogP contribution >= 0.6 is 47.0 Å². The van der Waals surface area contributed by atoms with Gasteiger partial charge in [-0.1, -0.05) is 71.3 Å². The van der Waals surface area contributed by atoms with Crippen molar-refractivity contribution in [3.8, 4) is 0 Å². The second kappa shape index (κ2) is 10.7. The SMILES string of the molecule is CCN1c2cccc(C3=C(c4cccc5c4N(CC)C(C)N5CC)SC(=C4SC=CS4)S3)c2N(CC)C1C. The third-order valence-electron chi connectivity index (χ3n) is 8.05. The molecule has 0 saturated carbocycles. The van der Waals surface area contributed by atoms with Crippen molar-refractivity contribution in [3.63, 3.8) is 0 Å². The molecule has 4 heterocycles. The molecule has 2 aromatic rings. The quantitative estimate of drug-likeness (QED) is 0.331. The smallest absolute Gasteiger partial charge is 0.0988 e. The lowest BCUT2D eigenvalue weighted by Gasteiger charge is -2.29. The van der Waals surface area contributed by atoms with Crippen molar-refractivity contribution in [2.45, 2.75) is 53.9 Å². The van der Waals surface area contributed by atoms with Crippen LogP contribution in [0.15, 0.2) is 55.7 Å². The van der Waals surface area contributed by atoms with Gasteiger partial charge in [0.05, 0.1) is 43.6 Å². The zero-order valence-corrected chi connectivity index (χ0v) is 26.3. The van der Waals surface area contributed by atoms with Crippen molar-refractivity contribution < 1.29 is 0 Å². The Labute approximate surface area is 244 Å². The van der Waals surface area contributed by atoms with E-state index < -0.39 is 0 Å². The maximum atomic E-state index is 2.59. The number of nitrogens with zero attached hydrogens (tertiary/aromatic N) is 4. The molecule has 2 aromatic carbocycles. The summed E-state index contributed by atoms with van der Waals surface area (Å²) in [6.45, 7) is 17.8. The number of hydrogen-bond acceptors (Lipinski definition) is 8. The molecule has 200 valence electrons. The maximum Gasteiger partial charge on any atom is 0.0988 e.